The molecule has 1 amide bonds. The Hall–Kier alpha value is -2.40. The van der Waals surface area contributed by atoms with Gasteiger partial charge in [0.05, 0.1) is 0 Å². The van der Waals surface area contributed by atoms with E-state index in [0.717, 1.165) is 16.5 Å². The van der Waals surface area contributed by atoms with Gasteiger partial charge >= 0.3 is 0 Å². The first-order chi connectivity index (χ1) is 11.3. The first-order valence-electron chi connectivity index (χ1n) is 7.36. The molecule has 1 N–H and O–H groups in total. The molecule has 3 aromatic rings. The quantitative estimate of drug-likeness (QED) is 0.679. The Morgan fingerprint density at radius 1 is 1.09 bits per heavy atom. The van der Waals surface area contributed by atoms with Crippen LogP contribution < -0.4 is 10.1 Å². The largest absolute Gasteiger partial charge is 0.485 e. The van der Waals surface area contributed by atoms with Gasteiger partial charge in [0.25, 0.3) is 5.91 Å². The summed E-state index contributed by atoms with van der Waals surface area (Å²) in [5.74, 6) is 2.03. The van der Waals surface area contributed by atoms with Crippen molar-refractivity contribution in [3.63, 3.8) is 0 Å². The van der Waals surface area contributed by atoms with Crippen molar-refractivity contribution in [2.24, 2.45) is 0 Å². The van der Waals surface area contributed by atoms with E-state index in [0.29, 0.717) is 18.1 Å². The minimum absolute atomic E-state index is 0.240. The average Bonchev–Trinajstić information content (AvgIpc) is 3.07. The number of hydrogen-bond acceptors (Lipinski definition) is 4. The molecule has 23 heavy (non-hydrogen) atoms. The van der Waals surface area contributed by atoms with Crippen LogP contribution in [0.15, 0.2) is 59.0 Å². The second kappa shape index (κ2) is 7.24. The van der Waals surface area contributed by atoms with Crippen LogP contribution in [-0.2, 0) is 6.61 Å². The zero-order valence-corrected chi connectivity index (χ0v) is 13.4. The molecule has 0 aliphatic heterocycles. The van der Waals surface area contributed by atoms with Crippen LogP contribution in [-0.4, -0.2) is 18.2 Å². The van der Waals surface area contributed by atoms with E-state index < -0.39 is 0 Å². The predicted molar refractivity (Wildman–Crippen MR) is 93.2 cm³/mol. The van der Waals surface area contributed by atoms with Gasteiger partial charge in [-0.05, 0) is 23.6 Å². The fraction of sp³-hybridized carbons (Fsp3) is 0.167. The van der Waals surface area contributed by atoms with Gasteiger partial charge in [-0.25, -0.2) is 0 Å². The standard InChI is InChI=1S/C18H17NO3S/c20-18(19-10-11-23)17-9-8-14(22-17)12-21-16-7-3-5-13-4-1-2-6-15(13)16/h1-9,23H,10-12H2,(H,19,20). The summed E-state index contributed by atoms with van der Waals surface area (Å²) in [7, 11) is 0. The number of nitrogens with one attached hydrogen (secondary N) is 1. The van der Waals surface area contributed by atoms with Crippen LogP contribution in [0.5, 0.6) is 5.75 Å². The molecule has 0 bridgehead atoms. The number of amides is 1. The molecule has 0 saturated carbocycles. The maximum Gasteiger partial charge on any atom is 0.287 e. The van der Waals surface area contributed by atoms with E-state index in [2.05, 4.69) is 17.9 Å². The lowest BCUT2D eigenvalue weighted by Gasteiger charge is -2.07. The number of carbonyl (C=O) groups excluding carboxylic acids is 1. The van der Waals surface area contributed by atoms with Crippen LogP contribution in [0.4, 0.5) is 0 Å². The monoisotopic (exact) mass is 327 g/mol. The van der Waals surface area contributed by atoms with Crippen molar-refractivity contribution in [3.05, 3.63) is 66.1 Å². The number of hydrogen-bond donors (Lipinski definition) is 2. The van der Waals surface area contributed by atoms with Gasteiger partial charge in [-0.1, -0.05) is 36.4 Å². The van der Waals surface area contributed by atoms with Crippen molar-refractivity contribution >= 4 is 29.3 Å². The summed E-state index contributed by atoms with van der Waals surface area (Å²) in [5, 5.41) is 4.88. The Kier molecular flexibility index (Phi) is 4.88. The zero-order valence-electron chi connectivity index (χ0n) is 12.5. The highest BCUT2D eigenvalue weighted by Crippen LogP contribution is 2.26. The maximum absolute atomic E-state index is 11.8. The molecular weight excluding hydrogens is 310 g/mol. The Labute approximate surface area is 139 Å². The van der Waals surface area contributed by atoms with Gasteiger partial charge in [0.1, 0.15) is 18.1 Å². The Morgan fingerprint density at radius 2 is 1.91 bits per heavy atom. The second-order valence-corrected chi connectivity index (χ2v) is 5.46. The molecule has 1 heterocycles. The highest BCUT2D eigenvalue weighted by molar-refractivity contribution is 7.80. The predicted octanol–water partition coefficient (Wildman–Crippen LogP) is 3.67. The molecule has 2 aromatic carbocycles. The molecule has 0 saturated heterocycles. The fourth-order valence-corrected chi connectivity index (χ4v) is 2.42. The summed E-state index contributed by atoms with van der Waals surface area (Å²) in [6.45, 7) is 0.776. The number of ether oxygens (including phenoxy) is 1. The minimum atomic E-state index is -0.240. The van der Waals surface area contributed by atoms with E-state index >= 15 is 0 Å². The van der Waals surface area contributed by atoms with Crippen LogP contribution >= 0.6 is 12.6 Å². The lowest BCUT2D eigenvalue weighted by atomic mass is 10.1. The molecule has 0 aliphatic rings. The normalized spacial score (nSPS) is 10.7. The lowest BCUT2D eigenvalue weighted by Crippen LogP contribution is -2.24. The van der Waals surface area contributed by atoms with Crippen LogP contribution in [0.1, 0.15) is 16.3 Å². The Balaban J connectivity index is 1.68. The summed E-state index contributed by atoms with van der Waals surface area (Å²) in [4.78, 5) is 11.8. The number of furan rings is 1. The molecule has 0 spiro atoms. The van der Waals surface area contributed by atoms with Gasteiger partial charge in [0.15, 0.2) is 5.76 Å². The topological polar surface area (TPSA) is 51.5 Å². The van der Waals surface area contributed by atoms with E-state index in [-0.39, 0.29) is 18.3 Å². The average molecular weight is 327 g/mol. The molecule has 3 rings (SSSR count). The van der Waals surface area contributed by atoms with E-state index in [9.17, 15) is 4.79 Å². The van der Waals surface area contributed by atoms with Crippen molar-refractivity contribution < 1.29 is 13.9 Å². The SMILES string of the molecule is O=C(NCCS)c1ccc(COc2cccc3ccccc23)o1. The van der Waals surface area contributed by atoms with Gasteiger partial charge in [-0.15, -0.1) is 0 Å². The first-order valence-corrected chi connectivity index (χ1v) is 7.99. The molecule has 0 atom stereocenters. The van der Waals surface area contributed by atoms with Crippen LogP contribution in [0, 0.1) is 0 Å². The van der Waals surface area contributed by atoms with Crippen molar-refractivity contribution in [3.8, 4) is 5.75 Å². The van der Waals surface area contributed by atoms with Crippen molar-refractivity contribution in [2.45, 2.75) is 6.61 Å². The van der Waals surface area contributed by atoms with E-state index in [1.165, 1.54) is 0 Å². The van der Waals surface area contributed by atoms with E-state index in [4.69, 9.17) is 9.15 Å². The van der Waals surface area contributed by atoms with Gasteiger partial charge in [0.2, 0.25) is 0 Å². The fourth-order valence-electron chi connectivity index (χ4n) is 2.30. The number of thiol groups is 1. The van der Waals surface area contributed by atoms with Crippen LogP contribution in [0.3, 0.4) is 0 Å². The molecule has 4 nitrogen and oxygen atoms in total. The lowest BCUT2D eigenvalue weighted by molar-refractivity contribution is 0.0924. The first kappa shape index (κ1) is 15.5. The molecule has 0 radical (unpaired) electrons. The van der Waals surface area contributed by atoms with Crippen LogP contribution in [0.2, 0.25) is 0 Å². The van der Waals surface area contributed by atoms with Crippen molar-refractivity contribution in [1.29, 1.82) is 0 Å². The highest BCUT2D eigenvalue weighted by Gasteiger charge is 2.11. The molecule has 0 fully saturated rings. The summed E-state index contributed by atoms with van der Waals surface area (Å²) < 4.78 is 11.4. The third-order valence-electron chi connectivity index (χ3n) is 3.40. The van der Waals surface area contributed by atoms with E-state index in [1.807, 2.05) is 42.5 Å². The number of fused-ring (bicyclic) bond motifs is 1. The molecule has 118 valence electrons. The summed E-state index contributed by atoms with van der Waals surface area (Å²) in [5.41, 5.74) is 0. The third kappa shape index (κ3) is 3.68. The Bertz CT molecular complexity index is 807. The number of benzene rings is 2. The summed E-state index contributed by atoms with van der Waals surface area (Å²) in [6, 6.07) is 17.3. The van der Waals surface area contributed by atoms with Crippen molar-refractivity contribution in [1.82, 2.24) is 5.32 Å². The second-order valence-electron chi connectivity index (χ2n) is 5.01. The van der Waals surface area contributed by atoms with Gasteiger partial charge in [-0.3, -0.25) is 4.79 Å². The van der Waals surface area contributed by atoms with Gasteiger partial charge < -0.3 is 14.5 Å². The maximum atomic E-state index is 11.8. The minimum Gasteiger partial charge on any atom is -0.485 e. The molecule has 0 aliphatic carbocycles. The van der Waals surface area contributed by atoms with E-state index in [1.54, 1.807) is 12.1 Å². The number of carbonyl (C=O) groups is 1. The van der Waals surface area contributed by atoms with Gasteiger partial charge in [0, 0.05) is 17.7 Å². The molecule has 0 unspecified atom stereocenters. The van der Waals surface area contributed by atoms with Gasteiger partial charge in [-0.2, -0.15) is 12.6 Å². The zero-order chi connectivity index (χ0) is 16.1. The Morgan fingerprint density at radius 3 is 2.78 bits per heavy atom. The summed E-state index contributed by atoms with van der Waals surface area (Å²) in [6.07, 6.45) is 0. The highest BCUT2D eigenvalue weighted by atomic mass is 32.1. The molecular formula is C18H17NO3S. The smallest absolute Gasteiger partial charge is 0.287 e. The third-order valence-corrected chi connectivity index (χ3v) is 3.63. The van der Waals surface area contributed by atoms with Crippen molar-refractivity contribution in [2.75, 3.05) is 12.3 Å². The van der Waals surface area contributed by atoms with Crippen LogP contribution in [0.25, 0.3) is 10.8 Å². The molecule has 1 aromatic heterocycles. The number of rotatable bonds is 6. The summed E-state index contributed by atoms with van der Waals surface area (Å²) >= 11 is 4.05. The molecule has 5 heteroatoms.